The number of para-hydroxylation sites is 1. The molecule has 1 heterocycles. The first-order chi connectivity index (χ1) is 14.1. The van der Waals surface area contributed by atoms with E-state index in [-0.39, 0.29) is 5.91 Å². The van der Waals surface area contributed by atoms with Crippen LogP contribution in [0, 0.1) is 6.92 Å². The van der Waals surface area contributed by atoms with E-state index in [1.165, 1.54) is 16.9 Å². The maximum absolute atomic E-state index is 12.6. The molecule has 1 amide bonds. The maximum Gasteiger partial charge on any atom is 0.267 e. The summed E-state index contributed by atoms with van der Waals surface area (Å²) in [5.74, 6) is -0.244. The van der Waals surface area contributed by atoms with Crippen LogP contribution >= 0.6 is 22.9 Å². The van der Waals surface area contributed by atoms with E-state index in [1.54, 1.807) is 12.3 Å². The molecule has 3 rings (SSSR count). The van der Waals surface area contributed by atoms with Crippen molar-refractivity contribution in [3.63, 3.8) is 0 Å². The van der Waals surface area contributed by atoms with Gasteiger partial charge in [-0.15, -0.1) is 0 Å². The van der Waals surface area contributed by atoms with E-state index < -0.39 is 0 Å². The average molecular weight is 432 g/mol. The Balaban J connectivity index is 1.62. The quantitative estimate of drug-likeness (QED) is 0.223. The first-order valence-corrected chi connectivity index (χ1v) is 10.4. The molecule has 0 atom stereocenters. The lowest BCUT2D eigenvalue weighted by Gasteiger charge is -2.09. The van der Waals surface area contributed by atoms with Crippen molar-refractivity contribution in [1.29, 1.82) is 0 Å². The Kier molecular flexibility index (Phi) is 7.60. The molecule has 3 N–H and O–H groups in total. The second kappa shape index (κ2) is 10.4. The topological polar surface area (TPSA) is 83.5 Å². The Hall–Kier alpha value is -2.45. The normalized spacial score (nSPS) is 10.7. The van der Waals surface area contributed by atoms with Gasteiger partial charge in [-0.25, -0.2) is 9.87 Å². The number of aryl methyl sites for hydroxylation is 2. The fourth-order valence-electron chi connectivity index (χ4n) is 2.83. The Morgan fingerprint density at radius 1 is 1.24 bits per heavy atom. The van der Waals surface area contributed by atoms with Crippen LogP contribution in [0.4, 0.5) is 16.5 Å². The molecule has 6 nitrogen and oxygen atoms in total. The molecule has 29 heavy (non-hydrogen) atoms. The molecule has 0 bridgehead atoms. The molecule has 1 aromatic heterocycles. The first kappa shape index (κ1) is 21.3. The van der Waals surface area contributed by atoms with Crippen molar-refractivity contribution in [3.8, 4) is 0 Å². The molecule has 0 radical (unpaired) electrons. The third kappa shape index (κ3) is 6.01. The molecule has 0 spiro atoms. The van der Waals surface area contributed by atoms with E-state index in [2.05, 4.69) is 26.6 Å². The van der Waals surface area contributed by atoms with Gasteiger partial charge < -0.3 is 10.6 Å². The van der Waals surface area contributed by atoms with Gasteiger partial charge in [0.1, 0.15) is 4.88 Å². The van der Waals surface area contributed by atoms with E-state index in [0.717, 1.165) is 30.5 Å². The van der Waals surface area contributed by atoms with Crippen molar-refractivity contribution in [2.45, 2.75) is 26.2 Å². The highest BCUT2D eigenvalue weighted by atomic mass is 35.5. The summed E-state index contributed by atoms with van der Waals surface area (Å²) in [6.07, 6.45) is 4.16. The molecule has 0 unspecified atom stereocenters. The van der Waals surface area contributed by atoms with E-state index in [1.807, 2.05) is 37.3 Å². The molecular weight excluding hydrogens is 410 g/mol. The summed E-state index contributed by atoms with van der Waals surface area (Å²) in [7, 11) is 0. The van der Waals surface area contributed by atoms with Crippen molar-refractivity contribution in [1.82, 2.24) is 4.98 Å². The number of aromatic nitrogens is 1. The predicted octanol–water partition coefficient (Wildman–Crippen LogP) is 5.91. The lowest BCUT2D eigenvalue weighted by molar-refractivity contribution is -0.242. The molecule has 8 heteroatoms. The monoisotopic (exact) mass is 431 g/mol. The van der Waals surface area contributed by atoms with E-state index in [4.69, 9.17) is 16.9 Å². The Bertz CT molecular complexity index is 957. The largest absolute Gasteiger partial charge is 0.332 e. The smallest absolute Gasteiger partial charge is 0.267 e. The second-order valence-corrected chi connectivity index (χ2v) is 7.97. The van der Waals surface area contributed by atoms with Crippen LogP contribution in [0.15, 0.2) is 48.7 Å². The number of amides is 1. The van der Waals surface area contributed by atoms with Gasteiger partial charge in [-0.3, -0.25) is 10.1 Å². The number of benzene rings is 2. The van der Waals surface area contributed by atoms with Gasteiger partial charge in [0.2, 0.25) is 0 Å². The number of hydrogen-bond donors (Lipinski definition) is 3. The Morgan fingerprint density at radius 3 is 2.86 bits per heavy atom. The van der Waals surface area contributed by atoms with E-state index >= 15 is 0 Å². The number of rotatable bonds is 9. The van der Waals surface area contributed by atoms with Crippen LogP contribution in [0.3, 0.4) is 0 Å². The maximum atomic E-state index is 12.6. The highest BCUT2D eigenvalue weighted by Crippen LogP contribution is 2.28. The van der Waals surface area contributed by atoms with Gasteiger partial charge in [-0.1, -0.05) is 47.2 Å². The molecule has 152 valence electrons. The van der Waals surface area contributed by atoms with Crippen molar-refractivity contribution in [2.75, 3.05) is 17.2 Å². The minimum Gasteiger partial charge on any atom is -0.332 e. The molecule has 0 fully saturated rings. The number of carbonyl (C=O) groups excluding carboxylic acids is 1. The minimum absolute atomic E-state index is 0.244. The lowest BCUT2D eigenvalue weighted by Crippen LogP contribution is -2.11. The summed E-state index contributed by atoms with van der Waals surface area (Å²) in [5.41, 5.74) is 3.60. The molecule has 3 aromatic rings. The SMILES string of the molecule is Cc1cccc(Cl)c1NC(=O)c1cnc(Nc2cccc(CCCCOO)c2)s1. The van der Waals surface area contributed by atoms with Gasteiger partial charge in [0.15, 0.2) is 5.13 Å². The number of halogens is 1. The van der Waals surface area contributed by atoms with Gasteiger partial charge in [0.05, 0.1) is 23.5 Å². The molecular formula is C21H22ClN3O3S. The van der Waals surface area contributed by atoms with Gasteiger partial charge in [0.25, 0.3) is 5.91 Å². The summed E-state index contributed by atoms with van der Waals surface area (Å²) in [4.78, 5) is 21.4. The van der Waals surface area contributed by atoms with Crippen LogP contribution in [0.1, 0.15) is 33.6 Å². The average Bonchev–Trinajstić information content (AvgIpc) is 3.17. The third-order valence-electron chi connectivity index (χ3n) is 4.32. The van der Waals surface area contributed by atoms with Crippen LogP contribution < -0.4 is 10.6 Å². The van der Waals surface area contributed by atoms with Crippen molar-refractivity contribution in [3.05, 3.63) is 69.7 Å². The van der Waals surface area contributed by atoms with Gasteiger partial charge in [-0.05, 0) is 55.5 Å². The zero-order chi connectivity index (χ0) is 20.6. The van der Waals surface area contributed by atoms with Crippen LogP contribution in [0.25, 0.3) is 0 Å². The number of thiazole rings is 1. The number of anilines is 3. The fourth-order valence-corrected chi connectivity index (χ4v) is 3.83. The Morgan fingerprint density at radius 2 is 2.07 bits per heavy atom. The molecule has 0 aliphatic rings. The summed E-state index contributed by atoms with van der Waals surface area (Å²) < 4.78 is 0. The lowest BCUT2D eigenvalue weighted by atomic mass is 10.1. The third-order valence-corrected chi connectivity index (χ3v) is 5.55. The molecule has 2 aromatic carbocycles. The van der Waals surface area contributed by atoms with Gasteiger partial charge in [0, 0.05) is 5.69 Å². The number of hydrogen-bond acceptors (Lipinski definition) is 6. The van der Waals surface area contributed by atoms with E-state index in [0.29, 0.717) is 27.3 Å². The second-order valence-electron chi connectivity index (χ2n) is 6.53. The number of unbranched alkanes of at least 4 members (excludes halogenated alkanes) is 1. The van der Waals surface area contributed by atoms with Gasteiger partial charge in [-0.2, -0.15) is 0 Å². The summed E-state index contributed by atoms with van der Waals surface area (Å²) >= 11 is 7.46. The summed E-state index contributed by atoms with van der Waals surface area (Å²) in [6.45, 7) is 2.24. The fraction of sp³-hybridized carbons (Fsp3) is 0.238. The van der Waals surface area contributed by atoms with E-state index in [9.17, 15) is 4.79 Å². The molecule has 0 saturated carbocycles. The van der Waals surface area contributed by atoms with Crippen molar-refractivity contribution < 1.29 is 14.9 Å². The number of nitrogens with one attached hydrogen (secondary N) is 2. The van der Waals surface area contributed by atoms with Crippen LogP contribution in [0.2, 0.25) is 5.02 Å². The molecule has 0 aliphatic heterocycles. The van der Waals surface area contributed by atoms with Crippen LogP contribution in [0.5, 0.6) is 0 Å². The molecule has 0 saturated heterocycles. The minimum atomic E-state index is -0.244. The first-order valence-electron chi connectivity index (χ1n) is 9.21. The number of nitrogens with zero attached hydrogens (tertiary/aromatic N) is 1. The zero-order valence-electron chi connectivity index (χ0n) is 15.9. The van der Waals surface area contributed by atoms with Crippen molar-refractivity contribution in [2.24, 2.45) is 0 Å². The van der Waals surface area contributed by atoms with Crippen LogP contribution in [-0.2, 0) is 11.3 Å². The highest BCUT2D eigenvalue weighted by Gasteiger charge is 2.14. The Labute approximate surface area is 178 Å². The number of carbonyl (C=O) groups is 1. The molecule has 0 aliphatic carbocycles. The standard InChI is InChI=1S/C21H22ClN3O3S/c1-14-6-4-10-17(22)19(14)25-20(26)18-13-23-21(29-18)24-16-9-5-8-15(12-16)7-2-3-11-28-27/h4-6,8-10,12-13,27H,2-3,7,11H2,1H3,(H,23,24)(H,25,26). The van der Waals surface area contributed by atoms with Crippen molar-refractivity contribution >= 4 is 45.4 Å². The predicted molar refractivity (Wildman–Crippen MR) is 117 cm³/mol. The summed E-state index contributed by atoms with van der Waals surface area (Å²) in [5, 5.41) is 15.6. The summed E-state index contributed by atoms with van der Waals surface area (Å²) in [6, 6.07) is 13.5. The highest BCUT2D eigenvalue weighted by molar-refractivity contribution is 7.17. The van der Waals surface area contributed by atoms with Crippen LogP contribution in [-0.4, -0.2) is 22.8 Å². The zero-order valence-corrected chi connectivity index (χ0v) is 17.5. The van der Waals surface area contributed by atoms with Gasteiger partial charge >= 0.3 is 0 Å².